The Morgan fingerprint density at radius 1 is 1.24 bits per heavy atom. The van der Waals surface area contributed by atoms with Crippen molar-refractivity contribution in [1.82, 2.24) is 25.8 Å². The molecule has 158 valence electrons. The molecule has 0 aliphatic carbocycles. The second kappa shape index (κ2) is 11.2. The van der Waals surface area contributed by atoms with Gasteiger partial charge < -0.3 is 20.1 Å². The number of H-pyrrole nitrogens is 1. The van der Waals surface area contributed by atoms with E-state index in [1.807, 2.05) is 0 Å². The third kappa shape index (κ3) is 6.19. The molecule has 0 fully saturated rings. The van der Waals surface area contributed by atoms with Crippen molar-refractivity contribution in [2.45, 2.75) is 46.5 Å². The molecule has 7 nitrogen and oxygen atoms in total. The fraction of sp³-hybridized carbons (Fsp3) is 0.476. The van der Waals surface area contributed by atoms with Crippen molar-refractivity contribution in [3.63, 3.8) is 0 Å². The molecule has 0 saturated heterocycles. The molecule has 0 atom stereocenters. The maximum atomic E-state index is 5.28. The summed E-state index contributed by atoms with van der Waals surface area (Å²) in [5, 5.41) is 12.0. The fourth-order valence-electron chi connectivity index (χ4n) is 3.17. The number of hydrogen-bond donors (Lipinski definition) is 3. The average Bonchev–Trinajstić information content (AvgIpc) is 3.30. The lowest BCUT2D eigenvalue weighted by Gasteiger charge is -2.11. The second-order valence-electron chi connectivity index (χ2n) is 7.20. The Kier molecular flexibility index (Phi) is 8.94. The molecule has 8 heteroatoms. The minimum atomic E-state index is 0. The standard InChI is InChI=1S/C21H30N6O.HI/c1-5-22-21(24-12-10-18-26-20(14(2)3)27-28-18)23-11-9-16-13-25-17-8-6-7-15(4)19(16)17;/h6-8,13-14,25H,5,9-12H2,1-4H3,(H2,22,23,24);1H. The van der Waals surface area contributed by atoms with Gasteiger partial charge in [-0.15, -0.1) is 24.0 Å². The van der Waals surface area contributed by atoms with Crippen molar-refractivity contribution in [3.05, 3.63) is 47.2 Å². The van der Waals surface area contributed by atoms with Gasteiger partial charge in [0, 0.05) is 42.5 Å². The number of guanidine groups is 1. The Morgan fingerprint density at radius 2 is 2.07 bits per heavy atom. The number of hydrogen-bond acceptors (Lipinski definition) is 4. The van der Waals surface area contributed by atoms with Crippen LogP contribution in [0, 0.1) is 6.92 Å². The third-order valence-corrected chi connectivity index (χ3v) is 4.62. The van der Waals surface area contributed by atoms with Crippen LogP contribution in [-0.4, -0.2) is 40.7 Å². The van der Waals surface area contributed by atoms with Gasteiger partial charge in [-0.2, -0.15) is 4.98 Å². The Bertz CT molecular complexity index is 930. The van der Waals surface area contributed by atoms with Gasteiger partial charge in [-0.1, -0.05) is 31.1 Å². The number of nitrogens with one attached hydrogen (secondary N) is 3. The number of benzene rings is 1. The summed E-state index contributed by atoms with van der Waals surface area (Å²) in [5.74, 6) is 2.46. The van der Waals surface area contributed by atoms with Crippen molar-refractivity contribution in [1.29, 1.82) is 0 Å². The smallest absolute Gasteiger partial charge is 0.228 e. The summed E-state index contributed by atoms with van der Waals surface area (Å²) in [7, 11) is 0. The largest absolute Gasteiger partial charge is 0.361 e. The Labute approximate surface area is 189 Å². The molecule has 3 N–H and O–H groups in total. The molecule has 3 rings (SSSR count). The zero-order chi connectivity index (χ0) is 19.9. The van der Waals surface area contributed by atoms with Crippen LogP contribution in [-0.2, 0) is 12.8 Å². The highest BCUT2D eigenvalue weighted by Crippen LogP contribution is 2.22. The highest BCUT2D eigenvalue weighted by atomic mass is 127. The number of nitrogens with zero attached hydrogens (tertiary/aromatic N) is 3. The van der Waals surface area contributed by atoms with Crippen LogP contribution in [0.5, 0.6) is 0 Å². The lowest BCUT2D eigenvalue weighted by molar-refractivity contribution is 0.372. The van der Waals surface area contributed by atoms with Crippen LogP contribution in [0.4, 0.5) is 0 Å². The number of fused-ring (bicyclic) bond motifs is 1. The molecule has 0 aliphatic rings. The Morgan fingerprint density at radius 3 is 2.79 bits per heavy atom. The van der Waals surface area contributed by atoms with E-state index in [4.69, 9.17) is 4.52 Å². The van der Waals surface area contributed by atoms with Gasteiger partial charge in [-0.05, 0) is 37.5 Å². The Hall–Kier alpha value is -2.10. The van der Waals surface area contributed by atoms with Gasteiger partial charge in [-0.25, -0.2) is 0 Å². The summed E-state index contributed by atoms with van der Waals surface area (Å²) in [5.41, 5.74) is 3.81. The zero-order valence-electron chi connectivity index (χ0n) is 17.6. The summed E-state index contributed by atoms with van der Waals surface area (Å²) >= 11 is 0. The number of halogens is 1. The maximum absolute atomic E-state index is 5.28. The van der Waals surface area contributed by atoms with Crippen molar-refractivity contribution in [2.24, 2.45) is 4.99 Å². The monoisotopic (exact) mass is 510 g/mol. The van der Waals surface area contributed by atoms with E-state index in [9.17, 15) is 0 Å². The normalized spacial score (nSPS) is 11.7. The van der Waals surface area contributed by atoms with E-state index >= 15 is 0 Å². The number of aryl methyl sites for hydroxylation is 1. The lowest BCUT2D eigenvalue weighted by Crippen LogP contribution is -2.38. The third-order valence-electron chi connectivity index (χ3n) is 4.62. The number of aromatic amines is 1. The average molecular weight is 510 g/mol. The molecule has 0 aliphatic heterocycles. The summed E-state index contributed by atoms with van der Waals surface area (Å²) in [4.78, 5) is 12.4. The van der Waals surface area contributed by atoms with E-state index in [0.717, 1.165) is 31.3 Å². The van der Waals surface area contributed by atoms with Crippen LogP contribution < -0.4 is 10.6 Å². The molecule has 29 heavy (non-hydrogen) atoms. The molecular weight excluding hydrogens is 479 g/mol. The van der Waals surface area contributed by atoms with Gasteiger partial charge in [0.2, 0.25) is 5.89 Å². The molecule has 2 heterocycles. The summed E-state index contributed by atoms with van der Waals surface area (Å²) in [6, 6.07) is 6.35. The van der Waals surface area contributed by atoms with Crippen LogP contribution in [0.3, 0.4) is 0 Å². The molecule has 0 amide bonds. The van der Waals surface area contributed by atoms with E-state index < -0.39 is 0 Å². The van der Waals surface area contributed by atoms with Crippen LogP contribution in [0.1, 0.15) is 49.5 Å². The molecule has 0 unspecified atom stereocenters. The van der Waals surface area contributed by atoms with E-state index in [-0.39, 0.29) is 29.9 Å². The highest BCUT2D eigenvalue weighted by molar-refractivity contribution is 14.0. The first-order valence-corrected chi connectivity index (χ1v) is 9.98. The van der Waals surface area contributed by atoms with Crippen molar-refractivity contribution < 1.29 is 4.52 Å². The number of aromatic nitrogens is 3. The van der Waals surface area contributed by atoms with E-state index in [1.54, 1.807) is 0 Å². The predicted octanol–water partition coefficient (Wildman–Crippen LogP) is 3.94. The number of aliphatic imine (C=N–C) groups is 1. The fourth-order valence-corrected chi connectivity index (χ4v) is 3.17. The van der Waals surface area contributed by atoms with Crippen LogP contribution in [0.25, 0.3) is 10.9 Å². The maximum Gasteiger partial charge on any atom is 0.228 e. The molecule has 0 saturated carbocycles. The molecule has 3 aromatic rings. The van der Waals surface area contributed by atoms with Gasteiger partial charge in [0.1, 0.15) is 0 Å². The van der Waals surface area contributed by atoms with Crippen LogP contribution in [0.15, 0.2) is 33.9 Å². The van der Waals surface area contributed by atoms with Crippen molar-refractivity contribution in [2.75, 3.05) is 19.6 Å². The molecule has 2 aromatic heterocycles. The minimum Gasteiger partial charge on any atom is -0.361 e. The van der Waals surface area contributed by atoms with Gasteiger partial charge in [0.25, 0.3) is 0 Å². The summed E-state index contributed by atoms with van der Waals surface area (Å²) in [6.07, 6.45) is 3.67. The predicted molar refractivity (Wildman–Crippen MR) is 128 cm³/mol. The van der Waals surface area contributed by atoms with E-state index in [1.165, 1.54) is 22.0 Å². The van der Waals surface area contributed by atoms with E-state index in [2.05, 4.69) is 82.8 Å². The molecule has 0 radical (unpaired) electrons. The van der Waals surface area contributed by atoms with Gasteiger partial charge in [-0.3, -0.25) is 4.99 Å². The highest BCUT2D eigenvalue weighted by Gasteiger charge is 2.09. The lowest BCUT2D eigenvalue weighted by atomic mass is 10.1. The van der Waals surface area contributed by atoms with Gasteiger partial charge in [0.15, 0.2) is 11.8 Å². The first kappa shape index (κ1) is 23.2. The topological polar surface area (TPSA) is 91.1 Å². The quantitative estimate of drug-likeness (QED) is 0.243. The van der Waals surface area contributed by atoms with Crippen molar-refractivity contribution >= 4 is 40.8 Å². The summed E-state index contributed by atoms with van der Waals surface area (Å²) < 4.78 is 5.28. The first-order valence-electron chi connectivity index (χ1n) is 9.98. The van der Waals surface area contributed by atoms with Crippen LogP contribution in [0.2, 0.25) is 0 Å². The van der Waals surface area contributed by atoms with Gasteiger partial charge >= 0.3 is 0 Å². The minimum absolute atomic E-state index is 0. The Balaban J connectivity index is 0.00000300. The molecule has 0 spiro atoms. The van der Waals surface area contributed by atoms with Crippen LogP contribution >= 0.6 is 24.0 Å². The molecule has 1 aromatic carbocycles. The summed E-state index contributed by atoms with van der Waals surface area (Å²) in [6.45, 7) is 10.5. The number of rotatable bonds is 8. The first-order chi connectivity index (χ1) is 13.6. The van der Waals surface area contributed by atoms with Gasteiger partial charge in [0.05, 0.1) is 6.54 Å². The SMILES string of the molecule is CCNC(=NCCc1nc(C(C)C)no1)NCCc1c[nH]c2cccc(C)c12.I. The zero-order valence-corrected chi connectivity index (χ0v) is 19.9. The van der Waals surface area contributed by atoms with E-state index in [0.29, 0.717) is 18.9 Å². The second-order valence-corrected chi connectivity index (χ2v) is 7.20. The van der Waals surface area contributed by atoms with Crippen molar-refractivity contribution in [3.8, 4) is 0 Å². The molecular formula is C21H31IN6O. The molecule has 0 bridgehead atoms.